The molecule has 1 aliphatic rings. The van der Waals surface area contributed by atoms with Crippen LogP contribution in [0.4, 0.5) is 11.5 Å². The highest BCUT2D eigenvalue weighted by Crippen LogP contribution is 2.30. The Kier molecular flexibility index (Phi) is 5.43. The summed E-state index contributed by atoms with van der Waals surface area (Å²) in [7, 11) is 3.72. The van der Waals surface area contributed by atoms with E-state index in [2.05, 4.69) is 39.9 Å². The Morgan fingerprint density at radius 2 is 2.00 bits per heavy atom. The Labute approximate surface area is 172 Å². The van der Waals surface area contributed by atoms with Gasteiger partial charge in [0.2, 0.25) is 0 Å². The van der Waals surface area contributed by atoms with E-state index in [-0.39, 0.29) is 0 Å². The first-order chi connectivity index (χ1) is 14.1. The second-order valence-corrected chi connectivity index (χ2v) is 7.65. The molecule has 0 atom stereocenters. The third-order valence-corrected chi connectivity index (χ3v) is 5.71. The summed E-state index contributed by atoms with van der Waals surface area (Å²) in [5.41, 5.74) is 4.09. The molecule has 6 heteroatoms. The number of likely N-dealkylation sites (tertiary alicyclic amines) is 1. The lowest BCUT2D eigenvalue weighted by Crippen LogP contribution is -2.36. The summed E-state index contributed by atoms with van der Waals surface area (Å²) in [6.45, 7) is 4.04. The molecule has 0 bridgehead atoms. The maximum atomic E-state index is 8.78. The van der Waals surface area contributed by atoms with E-state index >= 15 is 0 Å². The molecule has 0 amide bonds. The van der Waals surface area contributed by atoms with Gasteiger partial charge in [0.25, 0.3) is 0 Å². The molecule has 29 heavy (non-hydrogen) atoms. The van der Waals surface area contributed by atoms with Gasteiger partial charge >= 0.3 is 0 Å². The van der Waals surface area contributed by atoms with Gasteiger partial charge in [-0.25, -0.2) is 4.98 Å². The fourth-order valence-electron chi connectivity index (χ4n) is 4.07. The summed E-state index contributed by atoms with van der Waals surface area (Å²) in [6.07, 6.45) is 8.37. The lowest BCUT2D eigenvalue weighted by molar-refractivity contribution is 0.341. The predicted octanol–water partition coefficient (Wildman–Crippen LogP) is 4.70. The summed E-state index contributed by atoms with van der Waals surface area (Å²) >= 11 is 0. The van der Waals surface area contributed by atoms with Crippen molar-refractivity contribution in [1.29, 1.82) is 5.41 Å². The second-order valence-electron chi connectivity index (χ2n) is 7.65. The van der Waals surface area contributed by atoms with Crippen LogP contribution in [0.25, 0.3) is 10.9 Å². The van der Waals surface area contributed by atoms with Crippen molar-refractivity contribution in [2.45, 2.75) is 32.6 Å². The Hall–Kier alpha value is -3.02. The molecule has 2 aromatic heterocycles. The second kappa shape index (κ2) is 8.15. The maximum absolute atomic E-state index is 8.78. The number of rotatable bonds is 5. The number of ether oxygens (including phenoxy) is 1. The fraction of sp³-hybridized carbons (Fsp3) is 0.391. The molecule has 1 aromatic carbocycles. The highest BCUT2D eigenvalue weighted by Gasteiger charge is 2.20. The lowest BCUT2D eigenvalue weighted by Gasteiger charge is -2.29. The van der Waals surface area contributed by atoms with Crippen LogP contribution in [0.1, 0.15) is 37.3 Å². The van der Waals surface area contributed by atoms with E-state index in [1.807, 2.05) is 25.5 Å². The van der Waals surface area contributed by atoms with Crippen molar-refractivity contribution in [2.75, 3.05) is 25.5 Å². The van der Waals surface area contributed by atoms with Crippen LogP contribution in [0.5, 0.6) is 5.75 Å². The van der Waals surface area contributed by atoms with E-state index < -0.39 is 0 Å². The Morgan fingerprint density at radius 1 is 1.21 bits per heavy atom. The van der Waals surface area contributed by atoms with Crippen LogP contribution in [0.3, 0.4) is 0 Å². The van der Waals surface area contributed by atoms with Crippen molar-refractivity contribution in [2.24, 2.45) is 7.05 Å². The van der Waals surface area contributed by atoms with Crippen molar-refractivity contribution in [1.82, 2.24) is 14.5 Å². The number of methoxy groups -OCH3 is 1. The first-order valence-electron chi connectivity index (χ1n) is 10.3. The number of hydrogen-bond donors (Lipinski definition) is 2. The van der Waals surface area contributed by atoms with Crippen molar-refractivity contribution in [3.8, 4) is 5.75 Å². The fourth-order valence-corrected chi connectivity index (χ4v) is 4.07. The number of pyridine rings is 1. The minimum Gasteiger partial charge on any atom is -0.497 e. The zero-order valence-corrected chi connectivity index (χ0v) is 17.5. The van der Waals surface area contributed by atoms with E-state index in [0.717, 1.165) is 66.1 Å². The zero-order valence-electron chi connectivity index (χ0n) is 17.5. The normalized spacial score (nSPS) is 14.2. The van der Waals surface area contributed by atoms with Crippen LogP contribution >= 0.6 is 0 Å². The van der Waals surface area contributed by atoms with Gasteiger partial charge < -0.3 is 19.5 Å². The minimum atomic E-state index is 0.574. The van der Waals surface area contributed by atoms with Crippen LogP contribution in [-0.2, 0) is 13.5 Å². The van der Waals surface area contributed by atoms with Crippen molar-refractivity contribution < 1.29 is 4.74 Å². The SMILES string of the molecule is CCc1cc(Nc2ncc(C(=N)N3CCCCC3)c3c2ccn3C)cc(OC)c1. The lowest BCUT2D eigenvalue weighted by atomic mass is 10.1. The molecule has 2 N–H and O–H groups in total. The number of piperidine rings is 1. The standard InChI is InChI=1S/C23H29N5O/c1-4-16-12-17(14-18(13-16)29-3)26-23-19-8-11-27(2)21(19)20(15-25-23)22(24)28-9-6-5-7-10-28/h8,11-15,24H,4-7,9-10H2,1-3H3,(H,25,26). The molecule has 0 spiro atoms. The number of aryl methyl sites for hydroxylation is 2. The van der Waals surface area contributed by atoms with Gasteiger partial charge in [-0.05, 0) is 49.4 Å². The van der Waals surface area contributed by atoms with E-state index in [4.69, 9.17) is 15.1 Å². The topological polar surface area (TPSA) is 66.2 Å². The van der Waals surface area contributed by atoms with Crippen molar-refractivity contribution >= 4 is 28.2 Å². The Morgan fingerprint density at radius 3 is 2.72 bits per heavy atom. The summed E-state index contributed by atoms with van der Waals surface area (Å²) in [5, 5.41) is 13.3. The van der Waals surface area contributed by atoms with Gasteiger partial charge in [-0.15, -0.1) is 0 Å². The number of nitrogens with zero attached hydrogens (tertiary/aromatic N) is 3. The average Bonchev–Trinajstić information content (AvgIpc) is 3.16. The highest BCUT2D eigenvalue weighted by molar-refractivity contribution is 6.09. The Balaban J connectivity index is 1.72. The van der Waals surface area contributed by atoms with Crippen LogP contribution in [0.2, 0.25) is 0 Å². The number of hydrogen-bond acceptors (Lipinski definition) is 4. The molecule has 3 aromatic rings. The number of amidine groups is 1. The minimum absolute atomic E-state index is 0.574. The van der Waals surface area contributed by atoms with Gasteiger partial charge in [0, 0.05) is 49.7 Å². The first kappa shape index (κ1) is 19.3. The number of benzene rings is 1. The largest absolute Gasteiger partial charge is 0.497 e. The summed E-state index contributed by atoms with van der Waals surface area (Å²) < 4.78 is 7.53. The number of aromatic nitrogens is 2. The van der Waals surface area contributed by atoms with E-state index in [1.165, 1.54) is 12.0 Å². The third kappa shape index (κ3) is 3.79. The average molecular weight is 392 g/mol. The molecular weight excluding hydrogens is 362 g/mol. The Bertz CT molecular complexity index is 1010. The van der Waals surface area contributed by atoms with Gasteiger partial charge in [0.05, 0.1) is 18.2 Å². The molecule has 6 nitrogen and oxygen atoms in total. The van der Waals surface area contributed by atoms with Gasteiger partial charge in [0.1, 0.15) is 17.4 Å². The maximum Gasteiger partial charge on any atom is 0.139 e. The van der Waals surface area contributed by atoms with Gasteiger partial charge in [0.15, 0.2) is 0 Å². The van der Waals surface area contributed by atoms with Gasteiger partial charge in [-0.2, -0.15) is 0 Å². The molecule has 4 rings (SSSR count). The van der Waals surface area contributed by atoms with Crippen molar-refractivity contribution in [3.05, 3.63) is 47.8 Å². The predicted molar refractivity (Wildman–Crippen MR) is 119 cm³/mol. The zero-order chi connectivity index (χ0) is 20.4. The molecule has 1 saturated heterocycles. The quantitative estimate of drug-likeness (QED) is 0.489. The molecule has 0 aliphatic carbocycles. The van der Waals surface area contributed by atoms with E-state index in [0.29, 0.717) is 5.84 Å². The smallest absolute Gasteiger partial charge is 0.139 e. The molecule has 152 valence electrons. The van der Waals surface area contributed by atoms with Crippen LogP contribution in [-0.4, -0.2) is 40.5 Å². The van der Waals surface area contributed by atoms with Crippen LogP contribution < -0.4 is 10.1 Å². The number of nitrogens with one attached hydrogen (secondary N) is 2. The monoisotopic (exact) mass is 391 g/mol. The number of fused-ring (bicyclic) bond motifs is 1. The van der Waals surface area contributed by atoms with E-state index in [9.17, 15) is 0 Å². The summed E-state index contributed by atoms with van der Waals surface area (Å²) in [6, 6.07) is 8.24. The molecular formula is C23H29N5O. The van der Waals surface area contributed by atoms with Gasteiger partial charge in [-0.1, -0.05) is 6.92 Å². The summed E-state index contributed by atoms with van der Waals surface area (Å²) in [4.78, 5) is 6.89. The van der Waals surface area contributed by atoms with E-state index in [1.54, 1.807) is 7.11 Å². The molecule has 0 radical (unpaired) electrons. The molecule has 0 unspecified atom stereocenters. The molecule has 1 aliphatic heterocycles. The van der Waals surface area contributed by atoms with Crippen molar-refractivity contribution in [3.63, 3.8) is 0 Å². The van der Waals surface area contributed by atoms with Gasteiger partial charge in [-0.3, -0.25) is 5.41 Å². The molecule has 3 heterocycles. The molecule has 1 fully saturated rings. The van der Waals surface area contributed by atoms with Crippen LogP contribution in [0, 0.1) is 5.41 Å². The number of anilines is 2. The van der Waals surface area contributed by atoms with Crippen LogP contribution in [0.15, 0.2) is 36.7 Å². The molecule has 0 saturated carbocycles. The highest BCUT2D eigenvalue weighted by atomic mass is 16.5. The summed E-state index contributed by atoms with van der Waals surface area (Å²) in [5.74, 6) is 2.20. The first-order valence-corrected chi connectivity index (χ1v) is 10.3. The third-order valence-electron chi connectivity index (χ3n) is 5.71.